The zero-order valence-corrected chi connectivity index (χ0v) is 15.2. The average Bonchev–Trinajstić information content (AvgIpc) is 3.03. The highest BCUT2D eigenvalue weighted by Crippen LogP contribution is 2.33. The minimum Gasteiger partial charge on any atom is -0.493 e. The van der Waals surface area contributed by atoms with Gasteiger partial charge in [0.05, 0.1) is 18.5 Å². The van der Waals surface area contributed by atoms with E-state index in [1.807, 2.05) is 45.0 Å². The first-order valence-electron chi connectivity index (χ1n) is 8.29. The van der Waals surface area contributed by atoms with E-state index < -0.39 is 11.5 Å². The summed E-state index contributed by atoms with van der Waals surface area (Å²) in [6.07, 6.45) is 0.746. The van der Waals surface area contributed by atoms with E-state index in [2.05, 4.69) is 5.32 Å². The fraction of sp³-hybridized carbons (Fsp3) is 0.556. The van der Waals surface area contributed by atoms with Crippen LogP contribution in [-0.2, 0) is 9.59 Å². The zero-order valence-electron chi connectivity index (χ0n) is 14.4. The lowest BCUT2D eigenvalue weighted by Crippen LogP contribution is -2.51. The van der Waals surface area contributed by atoms with Gasteiger partial charge in [-0.1, -0.05) is 39.0 Å². The number of thioether (sulfide) groups is 1. The third-order valence-electron chi connectivity index (χ3n) is 4.36. The second kappa shape index (κ2) is 6.67. The summed E-state index contributed by atoms with van der Waals surface area (Å²) in [6, 6.07) is 7.35. The third kappa shape index (κ3) is 3.38. The highest BCUT2D eigenvalue weighted by Gasteiger charge is 2.39. The Kier molecular flexibility index (Phi) is 4.76. The molecule has 2 amide bonds. The van der Waals surface area contributed by atoms with E-state index in [1.54, 1.807) is 16.7 Å². The van der Waals surface area contributed by atoms with Crippen LogP contribution in [0.5, 0.6) is 5.75 Å². The second-order valence-electron chi connectivity index (χ2n) is 7.28. The molecule has 0 radical (unpaired) electrons. The standard InChI is InChI=1S/C18H24N2O3S/c1-18(2,3)17(22)20-11-24-10-14(20)16(21)19-13-8-9-23-15-7-5-4-6-12(13)15/h4-7,13-14H,8-11H2,1-3H3,(H,19,21)/t13-,14-/m0/s1. The molecule has 0 saturated carbocycles. The van der Waals surface area contributed by atoms with Gasteiger partial charge in [-0.3, -0.25) is 9.59 Å². The number of rotatable bonds is 2. The van der Waals surface area contributed by atoms with Crippen LogP contribution in [0.25, 0.3) is 0 Å². The number of nitrogens with zero attached hydrogens (tertiary/aromatic N) is 1. The van der Waals surface area contributed by atoms with Crippen LogP contribution < -0.4 is 10.1 Å². The number of fused-ring (bicyclic) bond motifs is 1. The van der Waals surface area contributed by atoms with Crippen LogP contribution in [0.1, 0.15) is 38.8 Å². The van der Waals surface area contributed by atoms with Crippen molar-refractivity contribution in [2.75, 3.05) is 18.2 Å². The summed E-state index contributed by atoms with van der Waals surface area (Å²) < 4.78 is 5.64. The number of carbonyl (C=O) groups excluding carboxylic acids is 2. The van der Waals surface area contributed by atoms with Crippen molar-refractivity contribution in [1.29, 1.82) is 0 Å². The minimum atomic E-state index is -0.477. The number of para-hydroxylation sites is 1. The topological polar surface area (TPSA) is 58.6 Å². The summed E-state index contributed by atoms with van der Waals surface area (Å²) in [5.74, 6) is 2.02. The van der Waals surface area contributed by atoms with E-state index in [0.717, 1.165) is 17.7 Å². The Bertz CT molecular complexity index is 641. The molecule has 3 rings (SSSR count). The van der Waals surface area contributed by atoms with E-state index in [4.69, 9.17) is 4.74 Å². The molecular formula is C18H24N2O3S. The summed E-state index contributed by atoms with van der Waals surface area (Å²) >= 11 is 1.63. The van der Waals surface area contributed by atoms with E-state index >= 15 is 0 Å². The molecule has 2 atom stereocenters. The summed E-state index contributed by atoms with van der Waals surface area (Å²) in [5.41, 5.74) is 0.533. The largest absolute Gasteiger partial charge is 0.493 e. The second-order valence-corrected chi connectivity index (χ2v) is 8.28. The molecule has 0 aliphatic carbocycles. The predicted octanol–water partition coefficient (Wildman–Crippen LogP) is 2.57. The van der Waals surface area contributed by atoms with Gasteiger partial charge in [-0.15, -0.1) is 11.8 Å². The molecule has 0 unspecified atom stereocenters. The first kappa shape index (κ1) is 17.1. The Morgan fingerprint density at radius 1 is 1.29 bits per heavy atom. The number of ether oxygens (including phenoxy) is 1. The van der Waals surface area contributed by atoms with Crippen molar-refractivity contribution >= 4 is 23.6 Å². The van der Waals surface area contributed by atoms with Crippen LogP contribution in [0.4, 0.5) is 0 Å². The number of amides is 2. The Morgan fingerprint density at radius 2 is 2.04 bits per heavy atom. The molecule has 1 aromatic rings. The van der Waals surface area contributed by atoms with Crippen LogP contribution >= 0.6 is 11.8 Å². The first-order chi connectivity index (χ1) is 11.4. The maximum absolute atomic E-state index is 12.8. The molecule has 2 aliphatic rings. The molecule has 1 saturated heterocycles. The minimum absolute atomic E-state index is 0.0278. The lowest BCUT2D eigenvalue weighted by atomic mass is 9.94. The van der Waals surface area contributed by atoms with E-state index in [0.29, 0.717) is 18.2 Å². The molecule has 0 bridgehead atoms. The Hall–Kier alpha value is -1.69. The highest BCUT2D eigenvalue weighted by molar-refractivity contribution is 7.99. The van der Waals surface area contributed by atoms with Gasteiger partial charge in [0.2, 0.25) is 11.8 Å². The number of nitrogens with one attached hydrogen (secondary N) is 1. The maximum atomic E-state index is 12.8. The van der Waals surface area contributed by atoms with Gasteiger partial charge in [0.25, 0.3) is 0 Å². The smallest absolute Gasteiger partial charge is 0.244 e. The molecule has 1 N–H and O–H groups in total. The molecule has 6 heteroatoms. The maximum Gasteiger partial charge on any atom is 0.244 e. The highest BCUT2D eigenvalue weighted by atomic mass is 32.2. The summed E-state index contributed by atoms with van der Waals surface area (Å²) in [4.78, 5) is 27.1. The van der Waals surface area contributed by atoms with Crippen molar-refractivity contribution < 1.29 is 14.3 Å². The summed E-state index contributed by atoms with van der Waals surface area (Å²) in [7, 11) is 0. The van der Waals surface area contributed by atoms with Gasteiger partial charge in [0, 0.05) is 23.2 Å². The zero-order chi connectivity index (χ0) is 17.3. The molecule has 0 aromatic heterocycles. The fourth-order valence-electron chi connectivity index (χ4n) is 3.05. The van der Waals surface area contributed by atoms with E-state index in [9.17, 15) is 9.59 Å². The lowest BCUT2D eigenvalue weighted by molar-refractivity contribution is -0.144. The molecule has 2 heterocycles. The number of carbonyl (C=O) groups is 2. The van der Waals surface area contributed by atoms with Gasteiger partial charge in [-0.05, 0) is 6.07 Å². The number of hydrogen-bond acceptors (Lipinski definition) is 4. The molecule has 2 aliphatic heterocycles. The average molecular weight is 348 g/mol. The molecule has 1 aromatic carbocycles. The monoisotopic (exact) mass is 348 g/mol. The van der Waals surface area contributed by atoms with Crippen molar-refractivity contribution in [3.05, 3.63) is 29.8 Å². The Balaban J connectivity index is 1.72. The van der Waals surface area contributed by atoms with E-state index in [1.165, 1.54) is 0 Å². The van der Waals surface area contributed by atoms with Gasteiger partial charge < -0.3 is 15.0 Å². The van der Waals surface area contributed by atoms with E-state index in [-0.39, 0.29) is 17.9 Å². The van der Waals surface area contributed by atoms with Gasteiger partial charge in [0.15, 0.2) is 0 Å². The molecule has 1 fully saturated rings. The SMILES string of the molecule is CC(C)(C)C(=O)N1CSC[C@H]1C(=O)N[C@H]1CCOc2ccccc21. The fourth-order valence-corrected chi connectivity index (χ4v) is 4.20. The van der Waals surface area contributed by atoms with Crippen molar-refractivity contribution in [3.63, 3.8) is 0 Å². The van der Waals surface area contributed by atoms with Gasteiger partial charge in [-0.2, -0.15) is 0 Å². The molecule has 130 valence electrons. The Morgan fingerprint density at radius 3 is 2.79 bits per heavy atom. The molecule has 24 heavy (non-hydrogen) atoms. The number of hydrogen-bond donors (Lipinski definition) is 1. The van der Waals surface area contributed by atoms with Crippen LogP contribution in [0.2, 0.25) is 0 Å². The normalized spacial score (nSPS) is 23.4. The van der Waals surface area contributed by atoms with Crippen molar-refractivity contribution in [3.8, 4) is 5.75 Å². The van der Waals surface area contributed by atoms with Crippen molar-refractivity contribution in [2.24, 2.45) is 5.41 Å². The molecule has 5 nitrogen and oxygen atoms in total. The molecule has 0 spiro atoms. The third-order valence-corrected chi connectivity index (χ3v) is 5.37. The van der Waals surface area contributed by atoms with Crippen LogP contribution in [0.15, 0.2) is 24.3 Å². The van der Waals surface area contributed by atoms with Gasteiger partial charge in [0.1, 0.15) is 11.8 Å². The van der Waals surface area contributed by atoms with Crippen LogP contribution in [0.3, 0.4) is 0 Å². The summed E-state index contributed by atoms with van der Waals surface area (Å²) in [5, 5.41) is 3.13. The quantitative estimate of drug-likeness (QED) is 0.892. The van der Waals surface area contributed by atoms with Crippen molar-refractivity contribution in [1.82, 2.24) is 10.2 Å². The lowest BCUT2D eigenvalue weighted by Gasteiger charge is -2.32. The van der Waals surface area contributed by atoms with Crippen LogP contribution in [-0.4, -0.2) is 41.0 Å². The Labute approximate surface area is 147 Å². The van der Waals surface area contributed by atoms with Crippen molar-refractivity contribution in [2.45, 2.75) is 39.3 Å². The molecular weight excluding hydrogens is 324 g/mol. The number of benzene rings is 1. The first-order valence-corrected chi connectivity index (χ1v) is 9.44. The van der Waals surface area contributed by atoms with Gasteiger partial charge in [-0.25, -0.2) is 0 Å². The van der Waals surface area contributed by atoms with Crippen LogP contribution in [0, 0.1) is 5.41 Å². The summed E-state index contributed by atoms with van der Waals surface area (Å²) in [6.45, 7) is 6.26. The predicted molar refractivity (Wildman–Crippen MR) is 94.9 cm³/mol. The van der Waals surface area contributed by atoms with Gasteiger partial charge >= 0.3 is 0 Å².